The maximum atomic E-state index is 13.3. The summed E-state index contributed by atoms with van der Waals surface area (Å²) in [6.07, 6.45) is 0.844. The molecule has 0 aromatic heterocycles. The van der Waals surface area contributed by atoms with E-state index >= 15 is 0 Å². The van der Waals surface area contributed by atoms with E-state index in [0.29, 0.717) is 12.1 Å². The lowest BCUT2D eigenvalue weighted by Crippen LogP contribution is -2.30. The Kier molecular flexibility index (Phi) is 5.58. The van der Waals surface area contributed by atoms with Gasteiger partial charge in [-0.15, -0.1) is 0 Å². The van der Waals surface area contributed by atoms with Crippen LogP contribution in [0, 0.1) is 5.82 Å². The lowest BCUT2D eigenvalue weighted by molar-refractivity contribution is -0.145. The fourth-order valence-electron chi connectivity index (χ4n) is 1.55. The van der Waals surface area contributed by atoms with Crippen molar-refractivity contribution in [3.8, 4) is 5.75 Å². The molecular formula is C13H18FNO3. The van der Waals surface area contributed by atoms with Crippen molar-refractivity contribution in [3.63, 3.8) is 0 Å². The molecule has 0 aliphatic carbocycles. The molecule has 0 saturated carbocycles. The van der Waals surface area contributed by atoms with Crippen LogP contribution in [0.25, 0.3) is 0 Å². The summed E-state index contributed by atoms with van der Waals surface area (Å²) < 4.78 is 18.2. The number of rotatable bonds is 6. The molecule has 2 N–H and O–H groups in total. The van der Waals surface area contributed by atoms with Crippen molar-refractivity contribution in [2.75, 3.05) is 13.2 Å². The molecule has 0 aliphatic rings. The summed E-state index contributed by atoms with van der Waals surface area (Å²) in [6.45, 7) is 4.56. The third-order valence-corrected chi connectivity index (χ3v) is 2.43. The third-order valence-electron chi connectivity index (χ3n) is 2.43. The minimum atomic E-state index is -0.750. The van der Waals surface area contributed by atoms with Crippen molar-refractivity contribution in [1.29, 1.82) is 0 Å². The molecule has 0 fully saturated rings. The van der Waals surface area contributed by atoms with Crippen molar-refractivity contribution < 1.29 is 19.0 Å². The molecule has 1 atom stereocenters. The lowest BCUT2D eigenvalue weighted by Gasteiger charge is -2.17. The van der Waals surface area contributed by atoms with E-state index in [-0.39, 0.29) is 6.61 Å². The second-order valence-corrected chi connectivity index (χ2v) is 3.85. The van der Waals surface area contributed by atoms with Gasteiger partial charge in [0.2, 0.25) is 0 Å². The van der Waals surface area contributed by atoms with E-state index in [1.54, 1.807) is 6.92 Å². The van der Waals surface area contributed by atoms with Gasteiger partial charge in [0, 0.05) is 0 Å². The first-order valence-electron chi connectivity index (χ1n) is 5.98. The van der Waals surface area contributed by atoms with Gasteiger partial charge in [-0.3, -0.25) is 0 Å². The zero-order valence-electron chi connectivity index (χ0n) is 10.6. The van der Waals surface area contributed by atoms with Crippen LogP contribution in [0.15, 0.2) is 18.2 Å². The first-order valence-corrected chi connectivity index (χ1v) is 5.98. The van der Waals surface area contributed by atoms with Gasteiger partial charge in [-0.1, -0.05) is 13.0 Å². The number of carbonyl (C=O) groups excluding carboxylic acids is 1. The maximum absolute atomic E-state index is 13.3. The molecule has 0 aliphatic heterocycles. The van der Waals surface area contributed by atoms with E-state index in [1.807, 2.05) is 6.92 Å². The van der Waals surface area contributed by atoms with Gasteiger partial charge in [0.05, 0.1) is 6.61 Å². The predicted octanol–water partition coefficient (Wildman–Crippen LogP) is 2.14. The van der Waals surface area contributed by atoms with Crippen LogP contribution in [0.3, 0.4) is 0 Å². The molecule has 100 valence electrons. The Morgan fingerprint density at radius 3 is 2.78 bits per heavy atom. The number of aromatic hydroxyl groups is 1. The quantitative estimate of drug-likeness (QED) is 0.765. The molecule has 18 heavy (non-hydrogen) atoms. The molecule has 0 amide bonds. The van der Waals surface area contributed by atoms with Gasteiger partial charge in [0.15, 0.2) is 11.6 Å². The molecule has 1 aromatic carbocycles. The van der Waals surface area contributed by atoms with Crippen LogP contribution in [0.2, 0.25) is 0 Å². The van der Waals surface area contributed by atoms with E-state index in [9.17, 15) is 9.18 Å². The van der Waals surface area contributed by atoms with Crippen LogP contribution in [0.5, 0.6) is 5.75 Å². The standard InChI is InChI=1S/C13H18FNO3/c1-3-7-15-12(13(17)18-4-2)9-5-6-11(16)10(14)8-9/h5-6,8,12,15-16H,3-4,7H2,1-2H3. The van der Waals surface area contributed by atoms with E-state index in [1.165, 1.54) is 12.1 Å². The topological polar surface area (TPSA) is 58.6 Å². The molecule has 1 aromatic rings. The largest absolute Gasteiger partial charge is 0.505 e. The van der Waals surface area contributed by atoms with Gasteiger partial charge < -0.3 is 15.2 Å². The summed E-state index contributed by atoms with van der Waals surface area (Å²) in [5.74, 6) is -1.63. The first-order chi connectivity index (χ1) is 8.60. The molecule has 1 unspecified atom stereocenters. The van der Waals surface area contributed by atoms with Gasteiger partial charge >= 0.3 is 5.97 Å². The summed E-state index contributed by atoms with van der Waals surface area (Å²) in [6, 6.07) is 3.16. The summed E-state index contributed by atoms with van der Waals surface area (Å²) in [5, 5.41) is 12.1. The Balaban J connectivity index is 2.93. The van der Waals surface area contributed by atoms with Crippen molar-refractivity contribution in [3.05, 3.63) is 29.6 Å². The van der Waals surface area contributed by atoms with Crippen LogP contribution in [0.1, 0.15) is 31.9 Å². The molecular weight excluding hydrogens is 237 g/mol. The smallest absolute Gasteiger partial charge is 0.327 e. The second kappa shape index (κ2) is 6.96. The maximum Gasteiger partial charge on any atom is 0.327 e. The zero-order chi connectivity index (χ0) is 13.5. The normalized spacial score (nSPS) is 12.2. The van der Waals surface area contributed by atoms with Crippen molar-refractivity contribution in [1.82, 2.24) is 5.32 Å². The molecule has 1 rings (SSSR count). The number of hydrogen-bond donors (Lipinski definition) is 2. The van der Waals surface area contributed by atoms with Gasteiger partial charge in [-0.25, -0.2) is 9.18 Å². The van der Waals surface area contributed by atoms with Gasteiger partial charge in [-0.2, -0.15) is 0 Å². The Hall–Kier alpha value is -1.62. The average Bonchev–Trinajstić information content (AvgIpc) is 2.34. The minimum Gasteiger partial charge on any atom is -0.505 e. The van der Waals surface area contributed by atoms with Gasteiger partial charge in [-0.05, 0) is 37.6 Å². The van der Waals surface area contributed by atoms with Crippen LogP contribution >= 0.6 is 0 Å². The number of ether oxygens (including phenoxy) is 1. The summed E-state index contributed by atoms with van der Waals surface area (Å²) in [4.78, 5) is 11.8. The van der Waals surface area contributed by atoms with E-state index in [2.05, 4.69) is 5.32 Å². The predicted molar refractivity (Wildman–Crippen MR) is 65.7 cm³/mol. The summed E-state index contributed by atoms with van der Waals surface area (Å²) >= 11 is 0. The fraction of sp³-hybridized carbons (Fsp3) is 0.462. The number of phenols is 1. The van der Waals surface area contributed by atoms with Gasteiger partial charge in [0.25, 0.3) is 0 Å². The second-order valence-electron chi connectivity index (χ2n) is 3.85. The molecule has 0 bridgehead atoms. The Morgan fingerprint density at radius 1 is 1.50 bits per heavy atom. The molecule has 0 heterocycles. The molecule has 0 spiro atoms. The minimum absolute atomic E-state index is 0.268. The number of halogens is 1. The zero-order valence-corrected chi connectivity index (χ0v) is 10.6. The van der Waals surface area contributed by atoms with Gasteiger partial charge in [0.1, 0.15) is 6.04 Å². The summed E-state index contributed by atoms with van der Waals surface area (Å²) in [5.41, 5.74) is 0.442. The summed E-state index contributed by atoms with van der Waals surface area (Å²) in [7, 11) is 0. The number of esters is 1. The number of nitrogens with one attached hydrogen (secondary N) is 1. The highest BCUT2D eigenvalue weighted by Crippen LogP contribution is 2.21. The number of benzene rings is 1. The monoisotopic (exact) mass is 255 g/mol. The van der Waals surface area contributed by atoms with Crippen LogP contribution in [-0.2, 0) is 9.53 Å². The van der Waals surface area contributed by atoms with Crippen molar-refractivity contribution >= 4 is 5.97 Å². The molecule has 5 heteroatoms. The number of carbonyl (C=O) groups is 1. The van der Waals surface area contributed by atoms with Crippen LogP contribution in [0.4, 0.5) is 4.39 Å². The molecule has 0 radical (unpaired) electrons. The number of phenolic OH excluding ortho intramolecular Hbond substituents is 1. The fourth-order valence-corrected chi connectivity index (χ4v) is 1.55. The van der Waals surface area contributed by atoms with E-state index < -0.39 is 23.6 Å². The van der Waals surface area contributed by atoms with Crippen molar-refractivity contribution in [2.24, 2.45) is 0 Å². The molecule has 4 nitrogen and oxygen atoms in total. The van der Waals surface area contributed by atoms with Crippen molar-refractivity contribution in [2.45, 2.75) is 26.3 Å². The highest BCUT2D eigenvalue weighted by Gasteiger charge is 2.22. The number of hydrogen-bond acceptors (Lipinski definition) is 4. The molecule has 0 saturated heterocycles. The SMILES string of the molecule is CCCNC(C(=O)OCC)c1ccc(O)c(F)c1. The highest BCUT2D eigenvalue weighted by atomic mass is 19.1. The highest BCUT2D eigenvalue weighted by molar-refractivity contribution is 5.77. The third kappa shape index (κ3) is 3.70. The van der Waals surface area contributed by atoms with Crippen LogP contribution in [-0.4, -0.2) is 24.2 Å². The Labute approximate surface area is 106 Å². The lowest BCUT2D eigenvalue weighted by atomic mass is 10.1. The average molecular weight is 255 g/mol. The van der Waals surface area contributed by atoms with E-state index in [0.717, 1.165) is 12.5 Å². The van der Waals surface area contributed by atoms with E-state index in [4.69, 9.17) is 9.84 Å². The Morgan fingerprint density at radius 2 is 2.22 bits per heavy atom. The first kappa shape index (κ1) is 14.4. The van der Waals surface area contributed by atoms with Crippen LogP contribution < -0.4 is 5.32 Å². The Bertz CT molecular complexity index is 409.